The van der Waals surface area contributed by atoms with Crippen molar-refractivity contribution in [2.75, 3.05) is 0 Å². The van der Waals surface area contributed by atoms with Crippen LogP contribution in [0.25, 0.3) is 18.2 Å². The lowest BCUT2D eigenvalue weighted by molar-refractivity contribution is -0.116. The summed E-state index contributed by atoms with van der Waals surface area (Å²) in [6.45, 7) is 0. The van der Waals surface area contributed by atoms with E-state index < -0.39 is 0 Å². The molecular weight excluding hydrogens is 268 g/mol. The summed E-state index contributed by atoms with van der Waals surface area (Å²) in [5.41, 5.74) is 4.46. The number of hydrogen-bond acceptors (Lipinski definition) is 1. The molecule has 22 heavy (non-hydrogen) atoms. The van der Waals surface area contributed by atoms with Crippen molar-refractivity contribution < 1.29 is 4.79 Å². The molecule has 0 amide bonds. The van der Waals surface area contributed by atoms with Gasteiger partial charge in [0.1, 0.15) is 0 Å². The van der Waals surface area contributed by atoms with Crippen molar-refractivity contribution >= 4 is 24.0 Å². The Labute approximate surface area is 132 Å². The van der Waals surface area contributed by atoms with Crippen molar-refractivity contribution in [3.05, 3.63) is 76.9 Å². The molecule has 0 bridgehead atoms. The molecule has 1 aliphatic carbocycles. The van der Waals surface area contributed by atoms with Gasteiger partial charge in [-0.1, -0.05) is 66.7 Å². The van der Waals surface area contributed by atoms with Crippen LogP contribution in [0.4, 0.5) is 0 Å². The molecule has 3 rings (SSSR count). The maximum absolute atomic E-state index is 11.8. The van der Waals surface area contributed by atoms with Gasteiger partial charge in [0, 0.05) is 6.42 Å². The van der Waals surface area contributed by atoms with Crippen LogP contribution in [0.1, 0.15) is 42.4 Å². The van der Waals surface area contributed by atoms with Gasteiger partial charge in [0.2, 0.25) is 0 Å². The molecule has 1 fully saturated rings. The van der Waals surface area contributed by atoms with Gasteiger partial charge in [0.05, 0.1) is 0 Å². The van der Waals surface area contributed by atoms with Crippen molar-refractivity contribution in [2.45, 2.75) is 25.7 Å². The second kappa shape index (κ2) is 7.04. The predicted octanol–water partition coefficient (Wildman–Crippen LogP) is 5.38. The van der Waals surface area contributed by atoms with Crippen molar-refractivity contribution in [1.82, 2.24) is 0 Å². The maximum Gasteiger partial charge on any atom is 0.158 e. The molecule has 1 aliphatic rings. The van der Waals surface area contributed by atoms with Gasteiger partial charge in [-0.2, -0.15) is 0 Å². The zero-order chi connectivity index (χ0) is 15.2. The van der Waals surface area contributed by atoms with Gasteiger partial charge in [-0.25, -0.2) is 0 Å². The second-order valence-electron chi connectivity index (χ2n) is 5.71. The van der Waals surface area contributed by atoms with Crippen LogP contribution < -0.4 is 0 Å². The van der Waals surface area contributed by atoms with Crippen molar-refractivity contribution in [3.63, 3.8) is 0 Å². The zero-order valence-corrected chi connectivity index (χ0v) is 12.7. The molecule has 0 radical (unpaired) electrons. The predicted molar refractivity (Wildman–Crippen MR) is 93.3 cm³/mol. The van der Waals surface area contributed by atoms with Gasteiger partial charge in [0.15, 0.2) is 5.78 Å². The maximum atomic E-state index is 11.8. The third kappa shape index (κ3) is 3.82. The summed E-state index contributed by atoms with van der Waals surface area (Å²) < 4.78 is 0. The quantitative estimate of drug-likeness (QED) is 0.547. The molecule has 0 aliphatic heterocycles. The Balaban J connectivity index is 1.71. The lowest BCUT2D eigenvalue weighted by Crippen LogP contribution is -2.07. The summed E-state index contributed by atoms with van der Waals surface area (Å²) in [6, 6.07) is 18.6. The van der Waals surface area contributed by atoms with Crippen molar-refractivity contribution in [2.24, 2.45) is 0 Å². The molecule has 2 aromatic rings. The fourth-order valence-corrected chi connectivity index (χ4v) is 2.71. The van der Waals surface area contributed by atoms with E-state index >= 15 is 0 Å². The number of Topliss-reactive ketones (excluding diaryl/α,β-unsaturated/α-hetero) is 1. The van der Waals surface area contributed by atoms with E-state index in [0.29, 0.717) is 12.2 Å². The number of allylic oxidation sites excluding steroid dienone is 1. The second-order valence-corrected chi connectivity index (χ2v) is 5.71. The first-order valence-corrected chi connectivity index (χ1v) is 7.88. The van der Waals surface area contributed by atoms with Crippen molar-refractivity contribution in [3.8, 4) is 0 Å². The molecule has 0 atom stereocenters. The normalized spacial score (nSPS) is 17.3. The molecule has 1 saturated carbocycles. The standard InChI is InChI=1S/C21H20O/c22-21-9-5-4-8-20(21)16-19-14-12-18(13-15-19)11-10-17-6-2-1-3-7-17/h1-3,6-7,10-16H,4-5,8-9H2. The van der Waals surface area contributed by atoms with Crippen molar-refractivity contribution in [1.29, 1.82) is 0 Å². The third-order valence-corrected chi connectivity index (χ3v) is 4.00. The molecule has 110 valence electrons. The van der Waals surface area contributed by atoms with Crippen LogP contribution in [-0.2, 0) is 4.79 Å². The Morgan fingerprint density at radius 1 is 0.682 bits per heavy atom. The van der Waals surface area contributed by atoms with E-state index in [2.05, 4.69) is 48.6 Å². The highest BCUT2D eigenvalue weighted by atomic mass is 16.1. The van der Waals surface area contributed by atoms with E-state index in [9.17, 15) is 4.79 Å². The van der Waals surface area contributed by atoms with E-state index in [1.807, 2.05) is 24.3 Å². The average Bonchev–Trinajstić information content (AvgIpc) is 2.57. The number of ketones is 1. The monoisotopic (exact) mass is 288 g/mol. The first kappa shape index (κ1) is 14.5. The highest BCUT2D eigenvalue weighted by Crippen LogP contribution is 2.22. The SMILES string of the molecule is O=C1CCCCC1=Cc1ccc(C=Cc2ccccc2)cc1. The third-order valence-electron chi connectivity index (χ3n) is 4.00. The van der Waals surface area contributed by atoms with Gasteiger partial charge in [-0.05, 0) is 47.6 Å². The minimum absolute atomic E-state index is 0.319. The van der Waals surface area contributed by atoms with Crippen LogP contribution in [0.15, 0.2) is 60.2 Å². The summed E-state index contributed by atoms with van der Waals surface area (Å²) in [4.78, 5) is 11.8. The molecule has 2 aromatic carbocycles. The van der Waals surface area contributed by atoms with Crippen LogP contribution in [0.5, 0.6) is 0 Å². The van der Waals surface area contributed by atoms with Gasteiger partial charge in [0.25, 0.3) is 0 Å². The molecule has 0 saturated heterocycles. The fraction of sp³-hybridized carbons (Fsp3) is 0.190. The summed E-state index contributed by atoms with van der Waals surface area (Å²) >= 11 is 0. The summed E-state index contributed by atoms with van der Waals surface area (Å²) in [7, 11) is 0. The number of benzene rings is 2. The minimum Gasteiger partial charge on any atom is -0.295 e. The van der Waals surface area contributed by atoms with Gasteiger partial charge in [-0.15, -0.1) is 0 Å². The topological polar surface area (TPSA) is 17.1 Å². The molecule has 0 unspecified atom stereocenters. The molecule has 1 heteroatoms. The highest BCUT2D eigenvalue weighted by Gasteiger charge is 2.14. The Morgan fingerprint density at radius 3 is 1.95 bits per heavy atom. The Kier molecular flexibility index (Phi) is 4.65. The molecule has 1 nitrogen and oxygen atoms in total. The van der Waals surface area contributed by atoms with Crippen LogP contribution in [0, 0.1) is 0 Å². The molecular formula is C21H20O. The van der Waals surface area contributed by atoms with Gasteiger partial charge >= 0.3 is 0 Å². The molecule has 0 N–H and O–H groups in total. The number of hydrogen-bond donors (Lipinski definition) is 0. The van der Waals surface area contributed by atoms with Crippen LogP contribution in [0.2, 0.25) is 0 Å². The first-order chi connectivity index (χ1) is 10.8. The number of carbonyl (C=O) groups is 1. The Bertz CT molecular complexity index is 690. The van der Waals surface area contributed by atoms with Gasteiger partial charge in [-0.3, -0.25) is 4.79 Å². The lowest BCUT2D eigenvalue weighted by Gasteiger charge is -2.12. The summed E-state index contributed by atoms with van der Waals surface area (Å²) in [5.74, 6) is 0.319. The Morgan fingerprint density at radius 2 is 1.27 bits per heavy atom. The average molecular weight is 288 g/mol. The molecule has 0 spiro atoms. The van der Waals surface area contributed by atoms with Gasteiger partial charge < -0.3 is 0 Å². The van der Waals surface area contributed by atoms with Crippen LogP contribution >= 0.6 is 0 Å². The number of rotatable bonds is 3. The molecule has 0 aromatic heterocycles. The minimum atomic E-state index is 0.319. The van der Waals surface area contributed by atoms with Crippen LogP contribution in [-0.4, -0.2) is 5.78 Å². The largest absolute Gasteiger partial charge is 0.295 e. The van der Waals surface area contributed by atoms with E-state index in [-0.39, 0.29) is 0 Å². The fourth-order valence-electron chi connectivity index (χ4n) is 2.71. The summed E-state index contributed by atoms with van der Waals surface area (Å²) in [6.07, 6.45) is 10.1. The van der Waals surface area contributed by atoms with E-state index in [4.69, 9.17) is 0 Å². The zero-order valence-electron chi connectivity index (χ0n) is 12.7. The first-order valence-electron chi connectivity index (χ1n) is 7.88. The van der Waals surface area contributed by atoms with E-state index in [1.165, 1.54) is 11.1 Å². The number of carbonyl (C=O) groups excluding carboxylic acids is 1. The lowest BCUT2D eigenvalue weighted by atomic mass is 9.92. The Hall–Kier alpha value is -2.41. The smallest absolute Gasteiger partial charge is 0.158 e. The van der Waals surface area contributed by atoms with Crippen LogP contribution in [0.3, 0.4) is 0 Å². The summed E-state index contributed by atoms with van der Waals surface area (Å²) in [5, 5.41) is 0. The molecule has 0 heterocycles. The van der Waals surface area contributed by atoms with E-state index in [0.717, 1.165) is 30.4 Å². The van der Waals surface area contributed by atoms with E-state index in [1.54, 1.807) is 0 Å². The highest BCUT2D eigenvalue weighted by molar-refractivity contribution is 6.00.